The van der Waals surface area contributed by atoms with Crippen LogP contribution < -0.4 is 10.0 Å². The fourth-order valence-corrected chi connectivity index (χ4v) is 4.69. The maximum atomic E-state index is 12.5. The monoisotopic (exact) mass is 444 g/mol. The van der Waals surface area contributed by atoms with Gasteiger partial charge in [-0.2, -0.15) is 12.7 Å². The van der Waals surface area contributed by atoms with Crippen molar-refractivity contribution in [2.45, 2.75) is 0 Å². The number of furan rings is 1. The van der Waals surface area contributed by atoms with Crippen molar-refractivity contribution in [1.29, 1.82) is 0 Å². The molecule has 1 fully saturated rings. The molecule has 12 heteroatoms. The summed E-state index contributed by atoms with van der Waals surface area (Å²) < 4.78 is 39.8. The molecule has 0 atom stereocenters. The molecular formula is C16H17ClN4O5S2. The molecule has 1 amide bonds. The lowest BCUT2D eigenvalue weighted by Gasteiger charge is -2.26. The molecule has 2 N–H and O–H groups in total. The number of rotatable bonds is 5. The molecule has 9 nitrogen and oxygen atoms in total. The lowest BCUT2D eigenvalue weighted by atomic mass is 10.3. The third kappa shape index (κ3) is 4.45. The van der Waals surface area contributed by atoms with Gasteiger partial charge in [-0.3, -0.25) is 14.8 Å². The first-order valence-electron chi connectivity index (χ1n) is 8.12. The van der Waals surface area contributed by atoms with Crippen LogP contribution in [0.3, 0.4) is 0 Å². The van der Waals surface area contributed by atoms with Gasteiger partial charge in [-0.1, -0.05) is 11.3 Å². The van der Waals surface area contributed by atoms with Crippen molar-refractivity contribution in [2.24, 2.45) is 0 Å². The Kier molecular flexibility index (Phi) is 6.20. The molecule has 0 spiro atoms. The molecule has 2 aromatic heterocycles. The Hall–Kier alpha value is -2.18. The molecule has 3 heterocycles. The number of carbonyl (C=O) groups excluding carboxylic acids is 1. The van der Waals surface area contributed by atoms with Crippen LogP contribution in [0.4, 0.5) is 10.8 Å². The molecule has 0 aliphatic carbocycles. The fraction of sp³-hybridized carbons (Fsp3) is 0.250. The first-order valence-corrected chi connectivity index (χ1v) is 10.4. The number of nitrogens with one attached hydrogen (secondary N) is 2. The summed E-state index contributed by atoms with van der Waals surface area (Å²) in [6.45, 7) is 1.41. The Morgan fingerprint density at radius 2 is 2.00 bits per heavy atom. The van der Waals surface area contributed by atoms with Crippen LogP contribution in [-0.4, -0.2) is 49.9 Å². The van der Waals surface area contributed by atoms with Gasteiger partial charge < -0.3 is 9.15 Å². The summed E-state index contributed by atoms with van der Waals surface area (Å²) >= 11 is 1.25. The highest BCUT2D eigenvalue weighted by Crippen LogP contribution is 2.29. The number of anilines is 2. The van der Waals surface area contributed by atoms with E-state index in [9.17, 15) is 13.2 Å². The molecule has 1 aromatic carbocycles. The second-order valence-electron chi connectivity index (χ2n) is 5.75. The van der Waals surface area contributed by atoms with E-state index in [0.29, 0.717) is 42.6 Å². The summed E-state index contributed by atoms with van der Waals surface area (Å²) in [4.78, 5) is 16.4. The highest BCUT2D eigenvalue weighted by atomic mass is 35.5. The van der Waals surface area contributed by atoms with E-state index in [1.54, 1.807) is 30.3 Å². The second-order valence-corrected chi connectivity index (χ2v) is 8.45. The normalized spacial score (nSPS) is 15.1. The zero-order valence-electron chi connectivity index (χ0n) is 14.5. The minimum atomic E-state index is -3.64. The summed E-state index contributed by atoms with van der Waals surface area (Å²) in [6.07, 6.45) is 1.42. The molecule has 1 aliphatic rings. The van der Waals surface area contributed by atoms with E-state index in [0.717, 1.165) is 4.70 Å². The Balaban J connectivity index is 0.00000225. The second kappa shape index (κ2) is 8.45. The van der Waals surface area contributed by atoms with E-state index in [2.05, 4.69) is 15.0 Å². The van der Waals surface area contributed by atoms with Crippen LogP contribution in [0, 0.1) is 0 Å². The number of benzene rings is 1. The predicted molar refractivity (Wildman–Crippen MR) is 108 cm³/mol. The molecule has 0 saturated carbocycles. The number of halogens is 1. The molecular weight excluding hydrogens is 428 g/mol. The van der Waals surface area contributed by atoms with Crippen LogP contribution in [0.25, 0.3) is 10.2 Å². The third-order valence-corrected chi connectivity index (χ3v) is 6.38. The quantitative estimate of drug-likeness (QED) is 0.625. The lowest BCUT2D eigenvalue weighted by Crippen LogP contribution is -2.43. The van der Waals surface area contributed by atoms with Gasteiger partial charge in [0.05, 0.1) is 35.4 Å². The van der Waals surface area contributed by atoms with Crippen molar-refractivity contribution in [3.05, 3.63) is 42.4 Å². The number of aromatic nitrogens is 1. The van der Waals surface area contributed by atoms with Crippen LogP contribution in [0.5, 0.6) is 0 Å². The molecule has 150 valence electrons. The Morgan fingerprint density at radius 1 is 1.21 bits per heavy atom. The first-order chi connectivity index (χ1) is 13.0. The SMILES string of the molecule is Cl.O=C(Nc1nc2ccc(NS(=O)(=O)N3CCOCC3)cc2s1)c1ccco1. The van der Waals surface area contributed by atoms with E-state index < -0.39 is 16.1 Å². The smallest absolute Gasteiger partial charge is 0.301 e. The maximum Gasteiger partial charge on any atom is 0.301 e. The number of hydrogen-bond donors (Lipinski definition) is 2. The molecule has 4 rings (SSSR count). The average Bonchev–Trinajstić information content (AvgIpc) is 3.31. The molecule has 1 saturated heterocycles. The highest BCUT2D eigenvalue weighted by molar-refractivity contribution is 7.90. The Morgan fingerprint density at radius 3 is 2.71 bits per heavy atom. The van der Waals surface area contributed by atoms with Gasteiger partial charge in [-0.05, 0) is 30.3 Å². The highest BCUT2D eigenvalue weighted by Gasteiger charge is 2.24. The van der Waals surface area contributed by atoms with Crippen molar-refractivity contribution in [1.82, 2.24) is 9.29 Å². The minimum Gasteiger partial charge on any atom is -0.459 e. The van der Waals surface area contributed by atoms with Crippen LogP contribution in [0.15, 0.2) is 41.0 Å². The zero-order valence-corrected chi connectivity index (χ0v) is 16.9. The summed E-state index contributed by atoms with van der Waals surface area (Å²) in [5.41, 5.74) is 1.09. The number of fused-ring (bicyclic) bond motifs is 1. The van der Waals surface area contributed by atoms with Crippen LogP contribution in [-0.2, 0) is 14.9 Å². The summed E-state index contributed by atoms with van der Waals surface area (Å²) in [7, 11) is -3.64. The first kappa shape index (κ1) is 20.6. The molecule has 0 unspecified atom stereocenters. The number of hydrogen-bond acceptors (Lipinski definition) is 7. The number of carbonyl (C=O) groups is 1. The molecule has 28 heavy (non-hydrogen) atoms. The molecule has 1 aliphatic heterocycles. The molecule has 0 bridgehead atoms. The maximum absolute atomic E-state index is 12.5. The van der Waals surface area contributed by atoms with Crippen molar-refractivity contribution in [2.75, 3.05) is 36.3 Å². The average molecular weight is 445 g/mol. The molecule has 0 radical (unpaired) electrons. The Labute approximate surface area is 171 Å². The van der Waals surface area contributed by atoms with Crippen molar-refractivity contribution >= 4 is 60.9 Å². The number of morpholine rings is 1. The van der Waals surface area contributed by atoms with Gasteiger partial charge in [0, 0.05) is 13.1 Å². The van der Waals surface area contributed by atoms with Crippen LogP contribution in [0.2, 0.25) is 0 Å². The summed E-state index contributed by atoms with van der Waals surface area (Å²) in [5.74, 6) is -0.208. The zero-order chi connectivity index (χ0) is 18.9. The largest absolute Gasteiger partial charge is 0.459 e. The van der Waals surface area contributed by atoms with Gasteiger partial charge in [0.15, 0.2) is 10.9 Å². The van der Waals surface area contributed by atoms with E-state index in [-0.39, 0.29) is 18.2 Å². The van der Waals surface area contributed by atoms with Crippen molar-refractivity contribution in [3.63, 3.8) is 0 Å². The predicted octanol–water partition coefficient (Wildman–Crippen LogP) is 2.55. The van der Waals surface area contributed by atoms with Gasteiger partial charge >= 0.3 is 10.2 Å². The van der Waals surface area contributed by atoms with E-state index in [1.165, 1.54) is 21.9 Å². The minimum absolute atomic E-state index is 0. The summed E-state index contributed by atoms with van der Waals surface area (Å²) in [5, 5.41) is 3.07. The molecule has 3 aromatic rings. The third-order valence-electron chi connectivity index (χ3n) is 3.91. The number of amides is 1. The number of thiazole rings is 1. The van der Waals surface area contributed by atoms with Crippen molar-refractivity contribution in [3.8, 4) is 0 Å². The van der Waals surface area contributed by atoms with Gasteiger partial charge in [-0.15, -0.1) is 12.4 Å². The lowest BCUT2D eigenvalue weighted by molar-refractivity contribution is 0.0733. The number of ether oxygens (including phenoxy) is 1. The summed E-state index contributed by atoms with van der Waals surface area (Å²) in [6, 6.07) is 8.21. The van der Waals surface area contributed by atoms with Gasteiger partial charge in [0.2, 0.25) is 0 Å². The van der Waals surface area contributed by atoms with Crippen molar-refractivity contribution < 1.29 is 22.4 Å². The van der Waals surface area contributed by atoms with Crippen LogP contribution in [0.1, 0.15) is 10.6 Å². The van der Waals surface area contributed by atoms with Crippen LogP contribution >= 0.6 is 23.7 Å². The van der Waals surface area contributed by atoms with Gasteiger partial charge in [0.1, 0.15) is 0 Å². The number of nitrogens with zero attached hydrogens (tertiary/aromatic N) is 2. The van der Waals surface area contributed by atoms with E-state index in [1.807, 2.05) is 0 Å². The van der Waals surface area contributed by atoms with Gasteiger partial charge in [-0.25, -0.2) is 4.98 Å². The topological polar surface area (TPSA) is 114 Å². The Bertz CT molecular complexity index is 1060. The fourth-order valence-electron chi connectivity index (χ4n) is 2.61. The van der Waals surface area contributed by atoms with E-state index >= 15 is 0 Å². The standard InChI is InChI=1S/C16H16N4O5S2.ClH/c21-15(13-2-1-7-25-13)18-16-17-12-4-3-11(10-14(12)26-16)19-27(22,23)20-5-8-24-9-6-20;/h1-4,7,10,19H,5-6,8-9H2,(H,17,18,21);1H. The van der Waals surface area contributed by atoms with Gasteiger partial charge in [0.25, 0.3) is 5.91 Å². The van der Waals surface area contributed by atoms with E-state index in [4.69, 9.17) is 9.15 Å².